The van der Waals surface area contributed by atoms with Crippen LogP contribution in [0, 0.1) is 10.1 Å². The van der Waals surface area contributed by atoms with Crippen molar-refractivity contribution >= 4 is 17.3 Å². The van der Waals surface area contributed by atoms with E-state index in [0.29, 0.717) is 22.9 Å². The van der Waals surface area contributed by atoms with Crippen molar-refractivity contribution in [1.82, 2.24) is 15.2 Å². The van der Waals surface area contributed by atoms with Gasteiger partial charge in [-0.2, -0.15) is 0 Å². The first kappa shape index (κ1) is 19.2. The van der Waals surface area contributed by atoms with Crippen LogP contribution in [0.4, 0.5) is 17.3 Å². The topological polar surface area (TPSA) is 118 Å². The second-order valence-corrected chi connectivity index (χ2v) is 6.86. The second-order valence-electron chi connectivity index (χ2n) is 6.86. The number of allylic oxidation sites excluding steroid dienone is 4. The van der Waals surface area contributed by atoms with Crippen LogP contribution in [0.5, 0.6) is 0 Å². The van der Waals surface area contributed by atoms with Crippen LogP contribution >= 0.6 is 0 Å². The number of ether oxygens (including phenoxy) is 2. The van der Waals surface area contributed by atoms with Crippen molar-refractivity contribution in [1.29, 1.82) is 0 Å². The Morgan fingerprint density at radius 1 is 1.27 bits per heavy atom. The van der Waals surface area contributed by atoms with Crippen molar-refractivity contribution in [2.24, 2.45) is 0 Å². The number of nitro benzene ring substituents is 1. The summed E-state index contributed by atoms with van der Waals surface area (Å²) in [5.41, 5.74) is 2.01. The number of nitro groups is 1. The Morgan fingerprint density at radius 2 is 2.13 bits per heavy atom. The van der Waals surface area contributed by atoms with E-state index in [1.54, 1.807) is 17.0 Å². The molecule has 0 atom stereocenters. The first-order valence-corrected chi connectivity index (χ1v) is 9.27. The molecule has 4 rings (SSSR count). The molecule has 0 saturated heterocycles. The summed E-state index contributed by atoms with van der Waals surface area (Å²) in [4.78, 5) is 15.8. The van der Waals surface area contributed by atoms with Gasteiger partial charge in [0.2, 0.25) is 11.8 Å². The largest absolute Gasteiger partial charge is 0.463 e. The number of anilines is 2. The molecule has 10 heteroatoms. The van der Waals surface area contributed by atoms with E-state index in [4.69, 9.17) is 9.47 Å². The van der Waals surface area contributed by atoms with E-state index >= 15 is 0 Å². The molecule has 2 aromatic rings. The molecular formula is C20H20N6O4. The maximum absolute atomic E-state index is 11.5. The fraction of sp³-hybridized carbons (Fsp3) is 0.200. The summed E-state index contributed by atoms with van der Waals surface area (Å²) in [5.74, 6) is 1.47. The molecule has 1 aromatic carbocycles. The molecule has 2 heterocycles. The van der Waals surface area contributed by atoms with E-state index in [-0.39, 0.29) is 17.5 Å². The SMILES string of the molecule is CN(C)c1ccc(-c2nnc(NC3=COC=C(C4=CC=CCC4)O3)[nH]2)c([N+](=O)[O-])c1. The Labute approximate surface area is 172 Å². The molecule has 30 heavy (non-hydrogen) atoms. The Kier molecular flexibility index (Phi) is 5.21. The van der Waals surface area contributed by atoms with Gasteiger partial charge in [-0.1, -0.05) is 18.2 Å². The Morgan fingerprint density at radius 3 is 2.87 bits per heavy atom. The van der Waals surface area contributed by atoms with Crippen LogP contribution in [0.2, 0.25) is 0 Å². The molecule has 2 N–H and O–H groups in total. The maximum Gasteiger partial charge on any atom is 0.282 e. The van der Waals surface area contributed by atoms with E-state index < -0.39 is 4.92 Å². The van der Waals surface area contributed by atoms with Gasteiger partial charge in [0.25, 0.3) is 5.69 Å². The molecule has 0 fully saturated rings. The molecular weight excluding hydrogens is 388 g/mol. The van der Waals surface area contributed by atoms with Gasteiger partial charge in [0.1, 0.15) is 6.26 Å². The highest BCUT2D eigenvalue weighted by atomic mass is 16.6. The van der Waals surface area contributed by atoms with Gasteiger partial charge >= 0.3 is 0 Å². The number of hydrogen-bond acceptors (Lipinski definition) is 8. The van der Waals surface area contributed by atoms with Crippen molar-refractivity contribution < 1.29 is 14.4 Å². The van der Waals surface area contributed by atoms with Gasteiger partial charge in [0, 0.05) is 25.8 Å². The predicted octanol–water partition coefficient (Wildman–Crippen LogP) is 3.82. The lowest BCUT2D eigenvalue weighted by molar-refractivity contribution is -0.384. The van der Waals surface area contributed by atoms with Crippen LogP contribution in [0.25, 0.3) is 11.4 Å². The van der Waals surface area contributed by atoms with E-state index in [2.05, 4.69) is 26.6 Å². The number of rotatable bonds is 6. The smallest absolute Gasteiger partial charge is 0.282 e. The third-order valence-electron chi connectivity index (χ3n) is 4.58. The molecule has 1 aliphatic heterocycles. The zero-order valence-electron chi connectivity index (χ0n) is 16.5. The lowest BCUT2D eigenvalue weighted by Crippen LogP contribution is -2.11. The average Bonchev–Trinajstić information content (AvgIpc) is 3.22. The third-order valence-corrected chi connectivity index (χ3v) is 4.58. The first-order chi connectivity index (χ1) is 14.5. The summed E-state index contributed by atoms with van der Waals surface area (Å²) >= 11 is 0. The van der Waals surface area contributed by atoms with Crippen LogP contribution in [-0.4, -0.2) is 34.2 Å². The number of aromatic amines is 1. The Hall–Kier alpha value is -4.08. The summed E-state index contributed by atoms with van der Waals surface area (Å²) in [6, 6.07) is 4.91. The van der Waals surface area contributed by atoms with E-state index in [1.165, 1.54) is 18.6 Å². The van der Waals surface area contributed by atoms with Crippen LogP contribution in [0.1, 0.15) is 12.8 Å². The van der Waals surface area contributed by atoms with E-state index in [0.717, 1.165) is 18.4 Å². The summed E-state index contributed by atoms with van der Waals surface area (Å²) < 4.78 is 11.2. The van der Waals surface area contributed by atoms with E-state index in [1.807, 2.05) is 26.2 Å². The maximum atomic E-state index is 11.5. The molecule has 0 radical (unpaired) electrons. The first-order valence-electron chi connectivity index (χ1n) is 9.27. The second kappa shape index (κ2) is 8.11. The lowest BCUT2D eigenvalue weighted by Gasteiger charge is -2.19. The fourth-order valence-electron chi connectivity index (χ4n) is 3.03. The number of H-pyrrole nitrogens is 1. The Bertz CT molecular complexity index is 1100. The number of benzene rings is 1. The quantitative estimate of drug-likeness (QED) is 0.547. The van der Waals surface area contributed by atoms with Gasteiger partial charge in [-0.3, -0.25) is 15.4 Å². The lowest BCUT2D eigenvalue weighted by atomic mass is 10.0. The molecule has 0 spiro atoms. The zero-order valence-corrected chi connectivity index (χ0v) is 16.5. The van der Waals surface area contributed by atoms with Crippen LogP contribution in [0.15, 0.2) is 66.2 Å². The van der Waals surface area contributed by atoms with Crippen LogP contribution in [-0.2, 0) is 9.47 Å². The number of nitrogens with zero attached hydrogens (tertiary/aromatic N) is 4. The highest BCUT2D eigenvalue weighted by molar-refractivity contribution is 5.73. The number of nitrogens with one attached hydrogen (secondary N) is 2. The van der Waals surface area contributed by atoms with Crippen LogP contribution < -0.4 is 10.2 Å². The molecule has 0 bridgehead atoms. The summed E-state index contributed by atoms with van der Waals surface area (Å²) in [7, 11) is 3.63. The highest BCUT2D eigenvalue weighted by Crippen LogP contribution is 2.32. The zero-order chi connectivity index (χ0) is 21.1. The molecule has 0 amide bonds. The number of aromatic nitrogens is 3. The molecule has 2 aliphatic rings. The highest BCUT2D eigenvalue weighted by Gasteiger charge is 2.21. The predicted molar refractivity (Wildman–Crippen MR) is 111 cm³/mol. The number of hydrogen-bond donors (Lipinski definition) is 2. The Balaban J connectivity index is 1.51. The van der Waals surface area contributed by atoms with Gasteiger partial charge in [0.05, 0.1) is 10.5 Å². The average molecular weight is 408 g/mol. The molecule has 1 aliphatic carbocycles. The van der Waals surface area contributed by atoms with Crippen LogP contribution in [0.3, 0.4) is 0 Å². The minimum Gasteiger partial charge on any atom is -0.463 e. The normalized spacial score (nSPS) is 15.3. The van der Waals surface area contributed by atoms with Gasteiger partial charge < -0.3 is 19.4 Å². The molecule has 10 nitrogen and oxygen atoms in total. The van der Waals surface area contributed by atoms with Gasteiger partial charge in [-0.25, -0.2) is 0 Å². The summed E-state index contributed by atoms with van der Waals surface area (Å²) in [6.45, 7) is 0. The standard InChI is InChI=1S/C20H20N6O4/c1-25(2)14-8-9-15(16(10-14)26(27)28)19-22-20(24-23-19)21-18-12-29-11-17(30-18)13-6-4-3-5-7-13/h3-4,6,8-12H,5,7H2,1-2H3,(H2,21,22,23,24). The summed E-state index contributed by atoms with van der Waals surface area (Å²) in [6.07, 6.45) is 10.8. The minimum atomic E-state index is -0.442. The third kappa shape index (κ3) is 4.02. The molecule has 0 saturated carbocycles. The van der Waals surface area contributed by atoms with Crippen molar-refractivity contribution in [3.63, 3.8) is 0 Å². The van der Waals surface area contributed by atoms with Crippen molar-refractivity contribution in [2.45, 2.75) is 12.8 Å². The van der Waals surface area contributed by atoms with Gasteiger partial charge in [0.15, 0.2) is 17.8 Å². The fourth-order valence-corrected chi connectivity index (χ4v) is 3.03. The van der Waals surface area contributed by atoms with Crippen molar-refractivity contribution in [3.05, 3.63) is 76.3 Å². The summed E-state index contributed by atoms with van der Waals surface area (Å²) in [5, 5.41) is 22.5. The van der Waals surface area contributed by atoms with Crippen molar-refractivity contribution in [2.75, 3.05) is 24.3 Å². The monoisotopic (exact) mass is 408 g/mol. The minimum absolute atomic E-state index is 0.0668. The van der Waals surface area contributed by atoms with Gasteiger partial charge in [-0.15, -0.1) is 10.2 Å². The molecule has 154 valence electrons. The van der Waals surface area contributed by atoms with E-state index in [9.17, 15) is 10.1 Å². The molecule has 0 unspecified atom stereocenters. The van der Waals surface area contributed by atoms with Gasteiger partial charge in [-0.05, 0) is 30.5 Å². The van der Waals surface area contributed by atoms with Crippen molar-refractivity contribution in [3.8, 4) is 11.4 Å². The molecule has 1 aromatic heterocycles.